The fraction of sp³-hybridized carbons (Fsp3) is 0.429. The van der Waals surface area contributed by atoms with Gasteiger partial charge in [0.1, 0.15) is 0 Å². The molecular formula is C14H22Cl2N2-2. The molecule has 1 aromatic carbocycles. The number of hydrogen-bond acceptors (Lipinski definition) is 2. The van der Waals surface area contributed by atoms with E-state index in [-0.39, 0.29) is 24.8 Å². The zero-order valence-electron chi connectivity index (χ0n) is 11.1. The number of hydrogen-bond donors (Lipinski definition) is 1. The molecule has 104 valence electrons. The van der Waals surface area contributed by atoms with Crippen LogP contribution in [-0.4, -0.2) is 38.6 Å². The van der Waals surface area contributed by atoms with Gasteiger partial charge in [0.15, 0.2) is 0 Å². The van der Waals surface area contributed by atoms with Crippen molar-refractivity contribution in [1.29, 1.82) is 0 Å². The van der Waals surface area contributed by atoms with E-state index >= 15 is 0 Å². The molecule has 0 aliphatic heterocycles. The summed E-state index contributed by atoms with van der Waals surface area (Å²) in [4.78, 5) is 2.21. The number of nitrogens with zero attached hydrogens (tertiary/aromatic N) is 1. The van der Waals surface area contributed by atoms with Crippen LogP contribution in [0.1, 0.15) is 12.0 Å². The minimum absolute atomic E-state index is 0. The lowest BCUT2D eigenvalue weighted by Gasteiger charge is -2.08. The predicted octanol–water partition coefficient (Wildman–Crippen LogP) is -3.75. The van der Waals surface area contributed by atoms with Crippen LogP contribution in [0.15, 0.2) is 36.4 Å². The van der Waals surface area contributed by atoms with Crippen LogP contribution in [0.4, 0.5) is 0 Å². The summed E-state index contributed by atoms with van der Waals surface area (Å²) in [5.74, 6) is 0. The van der Waals surface area contributed by atoms with Gasteiger partial charge in [-0.15, -0.1) is 0 Å². The number of benzene rings is 1. The minimum Gasteiger partial charge on any atom is -1.00 e. The minimum atomic E-state index is 0. The van der Waals surface area contributed by atoms with Gasteiger partial charge in [-0.2, -0.15) is 0 Å². The van der Waals surface area contributed by atoms with Crippen LogP contribution in [0.2, 0.25) is 0 Å². The molecule has 18 heavy (non-hydrogen) atoms. The lowest BCUT2D eigenvalue weighted by Crippen LogP contribution is -3.00. The number of halogens is 2. The first kappa shape index (κ1) is 19.8. The molecule has 1 N–H and O–H groups in total. The highest BCUT2D eigenvalue weighted by Gasteiger charge is 1.89. The first-order valence-electron chi connectivity index (χ1n) is 5.86. The Bertz CT molecular complexity index is 300. The second-order valence-electron chi connectivity index (χ2n) is 4.17. The van der Waals surface area contributed by atoms with E-state index < -0.39 is 0 Å². The molecule has 0 amide bonds. The third-order valence-electron chi connectivity index (χ3n) is 2.33. The van der Waals surface area contributed by atoms with Gasteiger partial charge >= 0.3 is 0 Å². The third-order valence-corrected chi connectivity index (χ3v) is 2.33. The van der Waals surface area contributed by atoms with Crippen molar-refractivity contribution in [3.8, 4) is 0 Å². The van der Waals surface area contributed by atoms with E-state index in [4.69, 9.17) is 0 Å². The molecule has 0 spiro atoms. The summed E-state index contributed by atoms with van der Waals surface area (Å²) in [7, 11) is 4.21. The summed E-state index contributed by atoms with van der Waals surface area (Å²) in [5, 5.41) is 3.40. The molecule has 0 saturated carbocycles. The Kier molecular flexibility index (Phi) is 14.2. The van der Waals surface area contributed by atoms with Gasteiger partial charge in [-0.25, -0.2) is 0 Å². The molecule has 0 radical (unpaired) electrons. The average molecular weight is 289 g/mol. The summed E-state index contributed by atoms with van der Waals surface area (Å²) in [6.45, 7) is 3.18. The van der Waals surface area contributed by atoms with E-state index in [0.717, 1.165) is 19.6 Å². The van der Waals surface area contributed by atoms with Crippen molar-refractivity contribution in [1.82, 2.24) is 10.2 Å². The van der Waals surface area contributed by atoms with Crippen LogP contribution in [0.25, 0.3) is 6.08 Å². The van der Waals surface area contributed by atoms with Crippen molar-refractivity contribution in [2.45, 2.75) is 6.42 Å². The molecule has 0 saturated heterocycles. The van der Waals surface area contributed by atoms with E-state index in [1.165, 1.54) is 12.0 Å². The fourth-order valence-corrected chi connectivity index (χ4v) is 1.46. The molecule has 0 aromatic heterocycles. The summed E-state index contributed by atoms with van der Waals surface area (Å²) < 4.78 is 0. The Morgan fingerprint density at radius 3 is 2.39 bits per heavy atom. The quantitative estimate of drug-likeness (QED) is 0.519. The van der Waals surface area contributed by atoms with Gasteiger partial charge in [-0.05, 0) is 39.2 Å². The third kappa shape index (κ3) is 10.6. The molecule has 0 aliphatic rings. The van der Waals surface area contributed by atoms with Crippen LogP contribution in [0, 0.1) is 0 Å². The first-order chi connectivity index (χ1) is 7.79. The van der Waals surface area contributed by atoms with Gasteiger partial charge in [0, 0.05) is 6.54 Å². The van der Waals surface area contributed by atoms with Gasteiger partial charge in [-0.3, -0.25) is 0 Å². The Morgan fingerprint density at radius 2 is 1.78 bits per heavy atom. The van der Waals surface area contributed by atoms with Gasteiger partial charge < -0.3 is 35.0 Å². The molecule has 0 fully saturated rings. The zero-order valence-corrected chi connectivity index (χ0v) is 12.6. The molecule has 0 heterocycles. The van der Waals surface area contributed by atoms with E-state index in [1.807, 2.05) is 6.07 Å². The van der Waals surface area contributed by atoms with Gasteiger partial charge in [0.2, 0.25) is 0 Å². The maximum Gasteiger partial charge on any atom is 0.0138 e. The van der Waals surface area contributed by atoms with E-state index in [1.54, 1.807) is 0 Å². The predicted molar refractivity (Wildman–Crippen MR) is 71.5 cm³/mol. The Morgan fingerprint density at radius 1 is 1.11 bits per heavy atom. The maximum atomic E-state index is 3.40. The zero-order chi connectivity index (χ0) is 11.6. The van der Waals surface area contributed by atoms with Crippen molar-refractivity contribution in [2.24, 2.45) is 0 Å². The SMILES string of the molecule is CN(C)CCCNC/C=C/c1ccccc1.[Cl-].[Cl-]. The Balaban J connectivity index is 0. The lowest BCUT2D eigenvalue weighted by atomic mass is 10.2. The van der Waals surface area contributed by atoms with E-state index in [9.17, 15) is 0 Å². The van der Waals surface area contributed by atoms with E-state index in [2.05, 4.69) is 60.7 Å². The van der Waals surface area contributed by atoms with Crippen molar-refractivity contribution in [3.63, 3.8) is 0 Å². The van der Waals surface area contributed by atoms with Crippen LogP contribution >= 0.6 is 0 Å². The van der Waals surface area contributed by atoms with Crippen LogP contribution in [-0.2, 0) is 0 Å². The van der Waals surface area contributed by atoms with Gasteiger partial charge in [0.25, 0.3) is 0 Å². The Labute approximate surface area is 123 Å². The smallest absolute Gasteiger partial charge is 0.0138 e. The molecule has 0 bridgehead atoms. The molecule has 1 rings (SSSR count). The normalized spacial score (nSPS) is 10.2. The molecule has 0 unspecified atom stereocenters. The van der Waals surface area contributed by atoms with Gasteiger partial charge in [0.05, 0.1) is 0 Å². The number of nitrogens with one attached hydrogen (secondary N) is 1. The molecule has 1 aromatic rings. The standard InChI is InChI=1S/C14H22N2.2ClH/c1-16(2)13-7-12-15-11-6-10-14-8-4-3-5-9-14;;/h3-6,8-10,15H,7,11-13H2,1-2H3;2*1H/p-2/b10-6+;;. The second kappa shape index (κ2) is 12.9. The largest absolute Gasteiger partial charge is 1.00 e. The summed E-state index contributed by atoms with van der Waals surface area (Å²) >= 11 is 0. The van der Waals surface area contributed by atoms with Gasteiger partial charge in [-0.1, -0.05) is 42.5 Å². The highest BCUT2D eigenvalue weighted by molar-refractivity contribution is 5.48. The van der Waals surface area contributed by atoms with Crippen LogP contribution in [0.5, 0.6) is 0 Å². The van der Waals surface area contributed by atoms with Crippen LogP contribution < -0.4 is 30.1 Å². The highest BCUT2D eigenvalue weighted by atomic mass is 35.5. The summed E-state index contributed by atoms with van der Waals surface area (Å²) in [6.07, 6.45) is 5.52. The van der Waals surface area contributed by atoms with Crippen molar-refractivity contribution in [2.75, 3.05) is 33.7 Å². The molecule has 0 atom stereocenters. The van der Waals surface area contributed by atoms with Crippen molar-refractivity contribution in [3.05, 3.63) is 42.0 Å². The molecule has 0 aliphatic carbocycles. The van der Waals surface area contributed by atoms with Crippen molar-refractivity contribution >= 4 is 6.08 Å². The summed E-state index contributed by atoms with van der Waals surface area (Å²) in [5.41, 5.74) is 1.26. The summed E-state index contributed by atoms with van der Waals surface area (Å²) in [6, 6.07) is 10.4. The first-order valence-corrected chi connectivity index (χ1v) is 5.86. The molecule has 4 heteroatoms. The molecule has 2 nitrogen and oxygen atoms in total. The van der Waals surface area contributed by atoms with E-state index in [0.29, 0.717) is 0 Å². The lowest BCUT2D eigenvalue weighted by molar-refractivity contribution is -0.001000. The highest BCUT2D eigenvalue weighted by Crippen LogP contribution is 1.99. The molecular weight excluding hydrogens is 267 g/mol. The second-order valence-corrected chi connectivity index (χ2v) is 4.17. The van der Waals surface area contributed by atoms with Crippen molar-refractivity contribution < 1.29 is 24.8 Å². The average Bonchev–Trinajstić information content (AvgIpc) is 2.29. The topological polar surface area (TPSA) is 15.3 Å². The number of rotatable bonds is 7. The monoisotopic (exact) mass is 288 g/mol. The van der Waals surface area contributed by atoms with Crippen LogP contribution in [0.3, 0.4) is 0 Å². The Hall–Kier alpha value is -0.540. The fourth-order valence-electron chi connectivity index (χ4n) is 1.46. The maximum absolute atomic E-state index is 3.40.